The maximum Gasteiger partial charge on any atom is 0.324 e. The van der Waals surface area contributed by atoms with Gasteiger partial charge in [0.2, 0.25) is 5.91 Å². The smallest absolute Gasteiger partial charge is 0.324 e. The summed E-state index contributed by atoms with van der Waals surface area (Å²) in [5.41, 5.74) is 6.39. The Hall–Kier alpha value is -3.52. The van der Waals surface area contributed by atoms with E-state index in [2.05, 4.69) is 41.6 Å². The van der Waals surface area contributed by atoms with Gasteiger partial charge >= 0.3 is 6.03 Å². The zero-order valence-electron chi connectivity index (χ0n) is 17.5. The van der Waals surface area contributed by atoms with Crippen LogP contribution in [0, 0.1) is 20.8 Å². The standard InChI is InChI=1S/C23H22N4O3S/c1-13-8-15(3)18(9-14(13)2)19-12-31-22(25-19)26-21(29)17-7-5-4-6-16(17)11-27-20(28)10-24-23(27)30/h4-9,12H,10-11H2,1-3H3,(H,24,30)(H,25,26,29). The van der Waals surface area contributed by atoms with E-state index in [4.69, 9.17) is 0 Å². The number of carbonyl (C=O) groups excluding carboxylic acids is 3. The van der Waals surface area contributed by atoms with Crippen molar-refractivity contribution in [1.82, 2.24) is 15.2 Å². The van der Waals surface area contributed by atoms with Crippen molar-refractivity contribution in [3.05, 3.63) is 69.6 Å². The number of carbonyl (C=O) groups is 3. The number of hydrogen-bond donors (Lipinski definition) is 2. The molecule has 7 nitrogen and oxygen atoms in total. The largest absolute Gasteiger partial charge is 0.329 e. The van der Waals surface area contributed by atoms with E-state index >= 15 is 0 Å². The fourth-order valence-electron chi connectivity index (χ4n) is 3.52. The first kappa shape index (κ1) is 20.7. The summed E-state index contributed by atoms with van der Waals surface area (Å²) in [4.78, 5) is 42.4. The van der Waals surface area contributed by atoms with Gasteiger partial charge in [-0.1, -0.05) is 24.3 Å². The van der Waals surface area contributed by atoms with Gasteiger partial charge in [0, 0.05) is 16.5 Å². The minimum atomic E-state index is -0.450. The summed E-state index contributed by atoms with van der Waals surface area (Å²) in [6, 6.07) is 10.7. The van der Waals surface area contributed by atoms with E-state index in [-0.39, 0.29) is 24.9 Å². The summed E-state index contributed by atoms with van der Waals surface area (Å²) in [7, 11) is 0. The van der Waals surface area contributed by atoms with Crippen LogP contribution in [0.5, 0.6) is 0 Å². The zero-order chi connectivity index (χ0) is 22.1. The first-order valence-corrected chi connectivity index (χ1v) is 10.7. The third-order valence-corrected chi connectivity index (χ3v) is 6.13. The minimum absolute atomic E-state index is 0.0208. The number of nitrogens with one attached hydrogen (secondary N) is 2. The molecule has 2 aromatic carbocycles. The molecule has 0 atom stereocenters. The third-order valence-electron chi connectivity index (χ3n) is 5.37. The van der Waals surface area contributed by atoms with E-state index in [1.807, 2.05) is 12.3 Å². The highest BCUT2D eigenvalue weighted by molar-refractivity contribution is 7.14. The van der Waals surface area contributed by atoms with Gasteiger partial charge in [-0.15, -0.1) is 11.3 Å². The quantitative estimate of drug-likeness (QED) is 0.593. The SMILES string of the molecule is Cc1cc(C)c(-c2csc(NC(=O)c3ccccc3CN3C(=O)CNC3=O)n2)cc1C. The number of benzene rings is 2. The lowest BCUT2D eigenvalue weighted by atomic mass is 9.99. The van der Waals surface area contributed by atoms with Gasteiger partial charge in [0.05, 0.1) is 18.8 Å². The molecule has 1 aromatic heterocycles. The van der Waals surface area contributed by atoms with Gasteiger partial charge in [-0.05, 0) is 55.2 Å². The third kappa shape index (κ3) is 4.20. The zero-order valence-corrected chi connectivity index (χ0v) is 18.3. The summed E-state index contributed by atoms with van der Waals surface area (Å²) in [5.74, 6) is -0.645. The van der Waals surface area contributed by atoms with Crippen LogP contribution in [-0.2, 0) is 11.3 Å². The highest BCUT2D eigenvalue weighted by Gasteiger charge is 2.29. The van der Waals surface area contributed by atoms with Gasteiger partial charge in [0.25, 0.3) is 5.91 Å². The second kappa shape index (κ2) is 8.31. The molecule has 158 valence electrons. The van der Waals surface area contributed by atoms with Crippen molar-refractivity contribution >= 4 is 34.3 Å². The summed E-state index contributed by atoms with van der Waals surface area (Å²) >= 11 is 1.35. The Kier molecular flexibility index (Phi) is 5.56. The maximum absolute atomic E-state index is 12.9. The molecule has 8 heteroatoms. The predicted molar refractivity (Wildman–Crippen MR) is 120 cm³/mol. The minimum Gasteiger partial charge on any atom is -0.329 e. The molecule has 0 spiro atoms. The topological polar surface area (TPSA) is 91.4 Å². The van der Waals surface area contributed by atoms with Crippen LogP contribution < -0.4 is 10.6 Å². The molecule has 1 aliphatic heterocycles. The molecule has 0 aliphatic carbocycles. The molecule has 3 aromatic rings. The first-order chi connectivity index (χ1) is 14.8. The van der Waals surface area contributed by atoms with Crippen LogP contribution in [-0.4, -0.2) is 34.3 Å². The van der Waals surface area contributed by atoms with Gasteiger partial charge in [-0.3, -0.25) is 19.8 Å². The van der Waals surface area contributed by atoms with Gasteiger partial charge in [0.1, 0.15) is 0 Å². The number of aromatic nitrogens is 1. The lowest BCUT2D eigenvalue weighted by molar-refractivity contribution is -0.125. The lowest BCUT2D eigenvalue weighted by Crippen LogP contribution is -2.31. The van der Waals surface area contributed by atoms with Crippen molar-refractivity contribution in [2.24, 2.45) is 0 Å². The Morgan fingerprint density at radius 2 is 1.87 bits per heavy atom. The van der Waals surface area contributed by atoms with Crippen molar-refractivity contribution in [1.29, 1.82) is 0 Å². The van der Waals surface area contributed by atoms with Crippen molar-refractivity contribution in [3.8, 4) is 11.3 Å². The van der Waals surface area contributed by atoms with E-state index in [9.17, 15) is 14.4 Å². The van der Waals surface area contributed by atoms with E-state index in [1.54, 1.807) is 24.3 Å². The number of urea groups is 1. The van der Waals surface area contributed by atoms with Crippen LogP contribution in [0.25, 0.3) is 11.3 Å². The number of rotatable bonds is 5. The molecular weight excluding hydrogens is 412 g/mol. The van der Waals surface area contributed by atoms with Gasteiger partial charge < -0.3 is 5.32 Å². The molecular formula is C23H22N4O3S. The predicted octanol–water partition coefficient (Wildman–Crippen LogP) is 4.04. The Bertz CT molecular complexity index is 1190. The summed E-state index contributed by atoms with van der Waals surface area (Å²) in [6.45, 7) is 6.21. The second-order valence-corrected chi connectivity index (χ2v) is 8.40. The molecule has 2 heterocycles. The van der Waals surface area contributed by atoms with E-state index in [1.165, 1.54) is 22.5 Å². The fourth-order valence-corrected chi connectivity index (χ4v) is 4.23. The molecule has 4 rings (SSSR count). The van der Waals surface area contributed by atoms with Crippen molar-refractivity contribution in [2.75, 3.05) is 11.9 Å². The monoisotopic (exact) mass is 434 g/mol. The van der Waals surface area contributed by atoms with Crippen LogP contribution in [0.15, 0.2) is 41.8 Å². The number of aryl methyl sites for hydroxylation is 3. The number of thiazole rings is 1. The van der Waals surface area contributed by atoms with Crippen molar-refractivity contribution in [2.45, 2.75) is 27.3 Å². The van der Waals surface area contributed by atoms with Crippen molar-refractivity contribution in [3.63, 3.8) is 0 Å². The summed E-state index contributed by atoms with van der Waals surface area (Å²) in [5, 5.41) is 7.74. The molecule has 31 heavy (non-hydrogen) atoms. The lowest BCUT2D eigenvalue weighted by Gasteiger charge is -2.15. The Balaban J connectivity index is 1.54. The number of amides is 4. The molecule has 0 radical (unpaired) electrons. The van der Waals surface area contributed by atoms with Gasteiger partial charge in [-0.25, -0.2) is 9.78 Å². The van der Waals surface area contributed by atoms with Crippen LogP contribution in [0.4, 0.5) is 9.93 Å². The molecule has 0 unspecified atom stereocenters. The molecule has 4 amide bonds. The molecule has 0 bridgehead atoms. The molecule has 0 saturated carbocycles. The maximum atomic E-state index is 12.9. The molecule has 1 fully saturated rings. The van der Waals surface area contributed by atoms with E-state index in [0.29, 0.717) is 16.3 Å². The molecule has 1 saturated heterocycles. The van der Waals surface area contributed by atoms with Gasteiger partial charge in [-0.2, -0.15) is 0 Å². The number of hydrogen-bond acceptors (Lipinski definition) is 5. The summed E-state index contributed by atoms with van der Waals surface area (Å²) < 4.78 is 0. The average molecular weight is 435 g/mol. The highest BCUT2D eigenvalue weighted by Crippen LogP contribution is 2.30. The van der Waals surface area contributed by atoms with Crippen LogP contribution in [0.2, 0.25) is 0 Å². The summed E-state index contributed by atoms with van der Waals surface area (Å²) in [6.07, 6.45) is 0. The Labute approximate surface area is 184 Å². The fraction of sp³-hybridized carbons (Fsp3) is 0.217. The second-order valence-electron chi connectivity index (χ2n) is 7.54. The average Bonchev–Trinajstić information content (AvgIpc) is 3.32. The molecule has 1 aliphatic rings. The van der Waals surface area contributed by atoms with Crippen LogP contribution in [0.1, 0.15) is 32.6 Å². The first-order valence-electron chi connectivity index (χ1n) is 9.84. The van der Waals surface area contributed by atoms with E-state index in [0.717, 1.165) is 21.7 Å². The molecule has 2 N–H and O–H groups in total. The normalized spacial score (nSPS) is 13.5. The number of anilines is 1. The number of nitrogens with zero attached hydrogens (tertiary/aromatic N) is 2. The Morgan fingerprint density at radius 3 is 2.61 bits per heavy atom. The van der Waals surface area contributed by atoms with Crippen LogP contribution in [0.3, 0.4) is 0 Å². The highest BCUT2D eigenvalue weighted by atomic mass is 32.1. The Morgan fingerprint density at radius 1 is 1.13 bits per heavy atom. The number of imide groups is 1. The van der Waals surface area contributed by atoms with Gasteiger partial charge in [0.15, 0.2) is 5.13 Å². The van der Waals surface area contributed by atoms with Crippen LogP contribution >= 0.6 is 11.3 Å². The van der Waals surface area contributed by atoms with Crippen molar-refractivity contribution < 1.29 is 14.4 Å². The van der Waals surface area contributed by atoms with E-state index < -0.39 is 6.03 Å².